The summed E-state index contributed by atoms with van der Waals surface area (Å²) < 4.78 is 7.79. The van der Waals surface area contributed by atoms with Gasteiger partial charge in [-0.15, -0.1) is 0 Å². The molecule has 5 heteroatoms. The summed E-state index contributed by atoms with van der Waals surface area (Å²) in [6, 6.07) is 17.6. The molecule has 3 aromatic rings. The minimum atomic E-state index is 0.0478. The number of aliphatic hydroxyl groups excluding tert-OH is 1. The number of aromatic nitrogens is 2. The summed E-state index contributed by atoms with van der Waals surface area (Å²) >= 11 is 0. The monoisotopic (exact) mass is 337 g/mol. The molecular weight excluding hydrogens is 314 g/mol. The number of benzene rings is 2. The summed E-state index contributed by atoms with van der Waals surface area (Å²) in [6.07, 6.45) is 0. The van der Waals surface area contributed by atoms with Gasteiger partial charge in [0.25, 0.3) is 0 Å². The van der Waals surface area contributed by atoms with Crippen LogP contribution in [0.15, 0.2) is 54.6 Å². The van der Waals surface area contributed by atoms with E-state index in [1.165, 1.54) is 0 Å². The fourth-order valence-corrected chi connectivity index (χ4v) is 2.82. The summed E-state index contributed by atoms with van der Waals surface area (Å²) in [4.78, 5) is 0. The van der Waals surface area contributed by atoms with E-state index in [2.05, 4.69) is 10.4 Å². The second-order valence-corrected chi connectivity index (χ2v) is 5.94. The third-order valence-electron chi connectivity index (χ3n) is 4.15. The first kappa shape index (κ1) is 17.2. The molecule has 130 valence electrons. The zero-order valence-corrected chi connectivity index (χ0v) is 14.6. The highest BCUT2D eigenvalue weighted by atomic mass is 16.5. The predicted octanol–water partition coefficient (Wildman–Crippen LogP) is 3.30. The van der Waals surface area contributed by atoms with Crippen LogP contribution in [0.25, 0.3) is 0 Å². The summed E-state index contributed by atoms with van der Waals surface area (Å²) in [5.41, 5.74) is 4.01. The van der Waals surface area contributed by atoms with Crippen molar-refractivity contribution in [3.05, 3.63) is 77.0 Å². The number of hydrogen-bond acceptors (Lipinski definition) is 4. The standard InChI is InChI=1S/C20H23N3O2/c1-15-19(13-21-12-16-8-6-7-9-17(16)14-24)20(23(2)22-15)25-18-10-4-3-5-11-18/h3-11,21,24H,12-14H2,1-2H3. The predicted molar refractivity (Wildman–Crippen MR) is 97.4 cm³/mol. The van der Waals surface area contributed by atoms with Crippen LogP contribution in [0.3, 0.4) is 0 Å². The fourth-order valence-electron chi connectivity index (χ4n) is 2.82. The summed E-state index contributed by atoms with van der Waals surface area (Å²) in [7, 11) is 1.88. The summed E-state index contributed by atoms with van der Waals surface area (Å²) in [5.74, 6) is 1.53. The van der Waals surface area contributed by atoms with Gasteiger partial charge in [0, 0.05) is 20.1 Å². The molecule has 0 bridgehead atoms. The van der Waals surface area contributed by atoms with Crippen LogP contribution in [-0.2, 0) is 26.7 Å². The topological polar surface area (TPSA) is 59.3 Å². The maximum atomic E-state index is 9.43. The number of nitrogens with one attached hydrogen (secondary N) is 1. The minimum Gasteiger partial charge on any atom is -0.439 e. The van der Waals surface area contributed by atoms with Gasteiger partial charge < -0.3 is 15.2 Å². The summed E-state index contributed by atoms with van der Waals surface area (Å²) in [6.45, 7) is 3.35. The molecule has 1 heterocycles. The first-order valence-corrected chi connectivity index (χ1v) is 8.32. The Morgan fingerprint density at radius 2 is 1.68 bits per heavy atom. The van der Waals surface area contributed by atoms with Crippen LogP contribution in [-0.4, -0.2) is 14.9 Å². The zero-order valence-electron chi connectivity index (χ0n) is 14.6. The van der Waals surface area contributed by atoms with Crippen molar-refractivity contribution in [3.63, 3.8) is 0 Å². The number of aliphatic hydroxyl groups is 1. The third kappa shape index (κ3) is 4.07. The van der Waals surface area contributed by atoms with Gasteiger partial charge in [-0.2, -0.15) is 5.10 Å². The molecular formula is C20H23N3O2. The van der Waals surface area contributed by atoms with E-state index in [4.69, 9.17) is 4.74 Å². The van der Waals surface area contributed by atoms with Gasteiger partial charge in [0.15, 0.2) is 0 Å². The van der Waals surface area contributed by atoms with Crippen LogP contribution in [0.2, 0.25) is 0 Å². The maximum Gasteiger partial charge on any atom is 0.222 e. The Balaban J connectivity index is 1.72. The second-order valence-electron chi connectivity index (χ2n) is 5.94. The smallest absolute Gasteiger partial charge is 0.222 e. The molecule has 0 fully saturated rings. The third-order valence-corrected chi connectivity index (χ3v) is 4.15. The van der Waals surface area contributed by atoms with Crippen LogP contribution in [0.5, 0.6) is 11.6 Å². The van der Waals surface area contributed by atoms with Gasteiger partial charge in [0.1, 0.15) is 5.75 Å². The number of rotatable bonds is 7. The molecule has 0 amide bonds. The van der Waals surface area contributed by atoms with Crippen molar-refractivity contribution in [1.29, 1.82) is 0 Å². The molecule has 25 heavy (non-hydrogen) atoms. The van der Waals surface area contributed by atoms with Gasteiger partial charge in [-0.1, -0.05) is 42.5 Å². The number of ether oxygens (including phenoxy) is 1. The Labute approximate surface area is 147 Å². The van der Waals surface area contributed by atoms with Crippen molar-refractivity contribution in [3.8, 4) is 11.6 Å². The van der Waals surface area contributed by atoms with E-state index in [-0.39, 0.29) is 6.61 Å². The van der Waals surface area contributed by atoms with Crippen molar-refractivity contribution < 1.29 is 9.84 Å². The van der Waals surface area contributed by atoms with Crippen LogP contribution in [0.1, 0.15) is 22.4 Å². The molecule has 0 atom stereocenters. The summed E-state index contributed by atoms with van der Waals surface area (Å²) in [5, 5.41) is 17.3. The van der Waals surface area contributed by atoms with Crippen LogP contribution in [0.4, 0.5) is 0 Å². The van der Waals surface area contributed by atoms with Crippen LogP contribution < -0.4 is 10.1 Å². The molecule has 0 aliphatic heterocycles. The molecule has 5 nitrogen and oxygen atoms in total. The molecule has 0 saturated carbocycles. The van der Waals surface area contributed by atoms with Gasteiger partial charge in [-0.25, -0.2) is 4.68 Å². The lowest BCUT2D eigenvalue weighted by atomic mass is 10.1. The van der Waals surface area contributed by atoms with E-state index in [0.717, 1.165) is 34.0 Å². The van der Waals surface area contributed by atoms with E-state index in [1.807, 2.05) is 68.6 Å². The van der Waals surface area contributed by atoms with Gasteiger partial charge in [0.05, 0.1) is 17.9 Å². The van der Waals surface area contributed by atoms with Crippen LogP contribution in [0, 0.1) is 6.92 Å². The molecule has 2 aromatic carbocycles. The molecule has 0 unspecified atom stereocenters. The number of hydrogen-bond donors (Lipinski definition) is 2. The van der Waals surface area contributed by atoms with E-state index in [9.17, 15) is 5.11 Å². The van der Waals surface area contributed by atoms with Gasteiger partial charge in [-0.3, -0.25) is 0 Å². The number of aryl methyl sites for hydroxylation is 2. The Morgan fingerprint density at radius 3 is 2.40 bits per heavy atom. The van der Waals surface area contributed by atoms with Crippen molar-refractivity contribution >= 4 is 0 Å². The molecule has 0 aliphatic carbocycles. The Kier molecular flexibility index (Phi) is 5.48. The molecule has 0 aliphatic rings. The van der Waals surface area contributed by atoms with E-state index >= 15 is 0 Å². The lowest BCUT2D eigenvalue weighted by Gasteiger charge is -2.11. The first-order chi connectivity index (χ1) is 12.2. The molecule has 0 radical (unpaired) electrons. The van der Waals surface area contributed by atoms with E-state index < -0.39 is 0 Å². The number of nitrogens with zero attached hydrogens (tertiary/aromatic N) is 2. The highest BCUT2D eigenvalue weighted by Gasteiger charge is 2.15. The molecule has 3 rings (SSSR count). The van der Waals surface area contributed by atoms with Gasteiger partial charge in [0.2, 0.25) is 5.88 Å². The minimum absolute atomic E-state index is 0.0478. The Bertz CT molecular complexity index is 828. The van der Waals surface area contributed by atoms with Crippen molar-refractivity contribution in [2.45, 2.75) is 26.6 Å². The lowest BCUT2D eigenvalue weighted by molar-refractivity contribution is 0.280. The maximum absolute atomic E-state index is 9.43. The Hall–Kier alpha value is -2.63. The molecule has 0 spiro atoms. The van der Waals surface area contributed by atoms with E-state index in [1.54, 1.807) is 4.68 Å². The SMILES string of the molecule is Cc1nn(C)c(Oc2ccccc2)c1CNCc1ccccc1CO. The fraction of sp³-hybridized carbons (Fsp3) is 0.250. The Morgan fingerprint density at radius 1 is 1.00 bits per heavy atom. The molecule has 2 N–H and O–H groups in total. The zero-order chi connectivity index (χ0) is 17.6. The largest absolute Gasteiger partial charge is 0.439 e. The first-order valence-electron chi connectivity index (χ1n) is 8.32. The average molecular weight is 337 g/mol. The highest BCUT2D eigenvalue weighted by Crippen LogP contribution is 2.27. The molecule has 0 saturated heterocycles. The van der Waals surface area contributed by atoms with E-state index in [0.29, 0.717) is 13.1 Å². The normalized spacial score (nSPS) is 10.8. The highest BCUT2D eigenvalue weighted by molar-refractivity contribution is 5.35. The van der Waals surface area contributed by atoms with Gasteiger partial charge in [-0.05, 0) is 30.2 Å². The van der Waals surface area contributed by atoms with Crippen molar-refractivity contribution in [2.75, 3.05) is 0 Å². The molecule has 1 aromatic heterocycles. The van der Waals surface area contributed by atoms with Crippen LogP contribution >= 0.6 is 0 Å². The van der Waals surface area contributed by atoms with Crippen molar-refractivity contribution in [2.24, 2.45) is 7.05 Å². The second kappa shape index (κ2) is 7.96. The number of para-hydroxylation sites is 1. The van der Waals surface area contributed by atoms with Gasteiger partial charge >= 0.3 is 0 Å². The average Bonchev–Trinajstić information content (AvgIpc) is 2.90. The van der Waals surface area contributed by atoms with Crippen molar-refractivity contribution in [1.82, 2.24) is 15.1 Å². The lowest BCUT2D eigenvalue weighted by Crippen LogP contribution is -2.15. The quantitative estimate of drug-likeness (QED) is 0.694.